The second kappa shape index (κ2) is 10.3. The van der Waals surface area contributed by atoms with Crippen molar-refractivity contribution < 1.29 is 19.7 Å². The number of carbonyl (C=O) groups excluding carboxylic acids is 1. The van der Waals surface area contributed by atoms with Crippen molar-refractivity contribution >= 4 is 5.97 Å². The van der Waals surface area contributed by atoms with Gasteiger partial charge in [0.15, 0.2) is 0 Å². The highest BCUT2D eigenvalue weighted by molar-refractivity contribution is 5.69. The minimum Gasteiger partial charge on any atom is -0.460 e. The minimum absolute atomic E-state index is 0.102. The number of rotatable bonds is 10. The van der Waals surface area contributed by atoms with E-state index in [4.69, 9.17) is 4.74 Å². The third-order valence-electron chi connectivity index (χ3n) is 2.53. The third-order valence-corrected chi connectivity index (χ3v) is 2.53. The lowest BCUT2D eigenvalue weighted by atomic mass is 10.1. The molecule has 0 unspecified atom stereocenters. The second-order valence-electron chi connectivity index (χ2n) is 5.63. The molecule has 4 nitrogen and oxygen atoms in total. The number of ether oxygens (including phenoxy) is 1. The average molecular weight is 259 g/mol. The molecule has 18 heavy (non-hydrogen) atoms. The molecule has 0 rings (SSSR count). The Kier molecular flexibility index (Phi) is 9.98. The molecule has 1 radical (unpaired) electrons. The highest BCUT2D eigenvalue weighted by atomic mass is 17.1. The van der Waals surface area contributed by atoms with Crippen molar-refractivity contribution in [3.63, 3.8) is 0 Å². The van der Waals surface area contributed by atoms with Crippen LogP contribution in [0.25, 0.3) is 0 Å². The van der Waals surface area contributed by atoms with E-state index in [0.717, 1.165) is 44.9 Å². The zero-order valence-electron chi connectivity index (χ0n) is 12.0. The van der Waals surface area contributed by atoms with Crippen LogP contribution in [0.2, 0.25) is 0 Å². The van der Waals surface area contributed by atoms with Crippen LogP contribution in [-0.2, 0) is 19.7 Å². The summed E-state index contributed by atoms with van der Waals surface area (Å²) in [6.45, 7) is 5.97. The Bertz CT molecular complexity index is 208. The monoisotopic (exact) mass is 259 g/mol. The first-order chi connectivity index (χ1) is 8.45. The molecule has 0 N–H and O–H groups in total. The maximum atomic E-state index is 11.4. The van der Waals surface area contributed by atoms with E-state index in [9.17, 15) is 10.1 Å². The van der Waals surface area contributed by atoms with Crippen LogP contribution in [0.3, 0.4) is 0 Å². The van der Waals surface area contributed by atoms with Crippen LogP contribution in [-0.4, -0.2) is 18.2 Å². The van der Waals surface area contributed by atoms with E-state index in [2.05, 4.69) is 4.89 Å². The van der Waals surface area contributed by atoms with E-state index >= 15 is 0 Å². The number of carbonyl (C=O) groups is 1. The zero-order chi connectivity index (χ0) is 13.9. The number of hydrogen-bond acceptors (Lipinski definition) is 3. The van der Waals surface area contributed by atoms with Gasteiger partial charge >= 0.3 is 5.97 Å². The lowest BCUT2D eigenvalue weighted by molar-refractivity contribution is -0.303. The van der Waals surface area contributed by atoms with Gasteiger partial charge in [0, 0.05) is 6.42 Å². The summed E-state index contributed by atoms with van der Waals surface area (Å²) in [5.41, 5.74) is -0.374. The molecule has 0 saturated heterocycles. The number of esters is 1. The third kappa shape index (κ3) is 13.5. The van der Waals surface area contributed by atoms with Gasteiger partial charge in [0.05, 0.1) is 6.61 Å². The minimum atomic E-state index is -0.374. The summed E-state index contributed by atoms with van der Waals surface area (Å²) in [6.07, 6.45) is 7.82. The topological polar surface area (TPSA) is 55.4 Å². The quantitative estimate of drug-likeness (QED) is 0.259. The first-order valence-electron chi connectivity index (χ1n) is 6.92. The SMILES string of the molecule is CC(C)(C)OC(=O)CCCCCCCCCO[O]. The maximum absolute atomic E-state index is 11.4. The molecule has 0 spiro atoms. The van der Waals surface area contributed by atoms with Crippen LogP contribution in [0, 0.1) is 0 Å². The first-order valence-corrected chi connectivity index (χ1v) is 6.92. The first kappa shape index (κ1) is 17.4. The van der Waals surface area contributed by atoms with E-state index < -0.39 is 0 Å². The van der Waals surface area contributed by atoms with Crippen molar-refractivity contribution in [2.75, 3.05) is 6.61 Å². The van der Waals surface area contributed by atoms with Gasteiger partial charge in [-0.15, -0.1) is 0 Å². The fourth-order valence-corrected chi connectivity index (χ4v) is 1.71. The molecule has 0 aromatic rings. The van der Waals surface area contributed by atoms with Crippen molar-refractivity contribution in [3.8, 4) is 0 Å². The van der Waals surface area contributed by atoms with Crippen LogP contribution < -0.4 is 0 Å². The normalized spacial score (nSPS) is 11.6. The van der Waals surface area contributed by atoms with Crippen molar-refractivity contribution in [2.45, 2.75) is 77.7 Å². The largest absolute Gasteiger partial charge is 0.460 e. The summed E-state index contributed by atoms with van der Waals surface area (Å²) in [7, 11) is 0. The number of unbranched alkanes of at least 4 members (excludes halogenated alkanes) is 6. The zero-order valence-corrected chi connectivity index (χ0v) is 12.0. The van der Waals surface area contributed by atoms with E-state index in [1.165, 1.54) is 0 Å². The molecule has 4 heteroatoms. The van der Waals surface area contributed by atoms with Gasteiger partial charge in [0.25, 0.3) is 0 Å². The molecule has 0 fully saturated rings. The Morgan fingerprint density at radius 1 is 0.889 bits per heavy atom. The average Bonchev–Trinajstić information content (AvgIpc) is 2.24. The van der Waals surface area contributed by atoms with E-state index in [0.29, 0.717) is 13.0 Å². The van der Waals surface area contributed by atoms with Gasteiger partial charge < -0.3 is 4.74 Å². The Hall–Kier alpha value is -0.610. The van der Waals surface area contributed by atoms with Gasteiger partial charge in [-0.2, -0.15) is 0 Å². The second-order valence-corrected chi connectivity index (χ2v) is 5.63. The van der Waals surface area contributed by atoms with Gasteiger partial charge in [0.1, 0.15) is 5.60 Å². The molecular weight excluding hydrogens is 232 g/mol. The molecule has 0 atom stereocenters. The van der Waals surface area contributed by atoms with Crippen LogP contribution in [0.4, 0.5) is 0 Å². The van der Waals surface area contributed by atoms with Gasteiger partial charge in [-0.1, -0.05) is 32.1 Å². The molecule has 0 heterocycles. The van der Waals surface area contributed by atoms with Crippen LogP contribution in [0.5, 0.6) is 0 Å². The molecule has 107 valence electrons. The Morgan fingerprint density at radius 2 is 1.39 bits per heavy atom. The molecular formula is C14H27O4. The molecule has 0 aromatic carbocycles. The van der Waals surface area contributed by atoms with Crippen LogP contribution >= 0.6 is 0 Å². The highest BCUT2D eigenvalue weighted by Crippen LogP contribution is 2.12. The highest BCUT2D eigenvalue weighted by Gasteiger charge is 2.15. The van der Waals surface area contributed by atoms with Gasteiger partial charge in [-0.05, 0) is 38.9 Å². The summed E-state index contributed by atoms with van der Waals surface area (Å²) in [6, 6.07) is 0. The summed E-state index contributed by atoms with van der Waals surface area (Å²) in [5, 5.41) is 9.72. The molecule has 0 aliphatic heterocycles. The Balaban J connectivity index is 3.23. The van der Waals surface area contributed by atoms with Crippen molar-refractivity contribution in [2.24, 2.45) is 0 Å². The summed E-state index contributed by atoms with van der Waals surface area (Å²) in [5.74, 6) is -0.102. The fraction of sp³-hybridized carbons (Fsp3) is 0.929. The summed E-state index contributed by atoms with van der Waals surface area (Å²) >= 11 is 0. The Morgan fingerprint density at radius 3 is 1.89 bits per heavy atom. The van der Waals surface area contributed by atoms with Crippen LogP contribution in [0.1, 0.15) is 72.1 Å². The standard InChI is InChI=1S/C14H27O4/c1-14(2,3)18-13(15)11-9-7-5-4-6-8-10-12-17-16/h4-12H2,1-3H3. The molecule has 0 bridgehead atoms. The summed E-state index contributed by atoms with van der Waals surface area (Å²) < 4.78 is 5.23. The van der Waals surface area contributed by atoms with Gasteiger partial charge in [-0.3, -0.25) is 4.79 Å². The fourth-order valence-electron chi connectivity index (χ4n) is 1.71. The number of hydrogen-bond donors (Lipinski definition) is 0. The smallest absolute Gasteiger partial charge is 0.306 e. The van der Waals surface area contributed by atoms with Gasteiger partial charge in [-0.25, -0.2) is 4.89 Å². The van der Waals surface area contributed by atoms with E-state index in [1.807, 2.05) is 20.8 Å². The van der Waals surface area contributed by atoms with Crippen molar-refractivity contribution in [1.82, 2.24) is 0 Å². The summed E-state index contributed by atoms with van der Waals surface area (Å²) in [4.78, 5) is 15.2. The van der Waals surface area contributed by atoms with E-state index in [-0.39, 0.29) is 11.6 Å². The predicted octanol–water partition coefficient (Wildman–Crippen LogP) is 3.81. The van der Waals surface area contributed by atoms with Crippen LogP contribution in [0.15, 0.2) is 0 Å². The maximum Gasteiger partial charge on any atom is 0.306 e. The molecule has 0 aromatic heterocycles. The lowest BCUT2D eigenvalue weighted by Gasteiger charge is -2.19. The Labute approximate surface area is 111 Å². The molecule has 0 aliphatic carbocycles. The molecule has 0 saturated carbocycles. The van der Waals surface area contributed by atoms with Crippen molar-refractivity contribution in [1.29, 1.82) is 0 Å². The van der Waals surface area contributed by atoms with Crippen molar-refractivity contribution in [3.05, 3.63) is 0 Å². The molecule has 0 aliphatic rings. The lowest BCUT2D eigenvalue weighted by Crippen LogP contribution is -2.23. The van der Waals surface area contributed by atoms with E-state index in [1.54, 1.807) is 0 Å². The predicted molar refractivity (Wildman–Crippen MR) is 69.4 cm³/mol. The molecule has 0 amide bonds. The van der Waals surface area contributed by atoms with Gasteiger partial charge in [0.2, 0.25) is 0 Å².